The lowest BCUT2D eigenvalue weighted by molar-refractivity contribution is -0.144. The van der Waals surface area contributed by atoms with Crippen LogP contribution in [0.2, 0.25) is 0 Å². The van der Waals surface area contributed by atoms with E-state index in [0.717, 1.165) is 0 Å². The van der Waals surface area contributed by atoms with Crippen LogP contribution in [0.1, 0.15) is 19.7 Å². The minimum absolute atomic E-state index is 0.0656. The number of nitrogens with two attached hydrogens (primary N) is 1. The van der Waals surface area contributed by atoms with Gasteiger partial charge in [-0.05, 0) is 13.8 Å². The molecule has 0 radical (unpaired) electrons. The smallest absolute Gasteiger partial charge is 0.352 e. The molecule has 118 valence electrons. The van der Waals surface area contributed by atoms with E-state index in [0.29, 0.717) is 0 Å². The van der Waals surface area contributed by atoms with E-state index in [9.17, 15) is 18.0 Å². The average molecular weight is 306 g/mol. The van der Waals surface area contributed by atoms with Gasteiger partial charge in [-0.25, -0.2) is 15.8 Å². The van der Waals surface area contributed by atoms with Crippen molar-refractivity contribution in [2.75, 3.05) is 23.9 Å². The second-order valence-electron chi connectivity index (χ2n) is 4.66. The highest BCUT2D eigenvalue weighted by atomic mass is 19.4. The molecule has 0 aliphatic heterocycles. The van der Waals surface area contributed by atoms with Gasteiger partial charge in [-0.3, -0.25) is 4.79 Å². The Morgan fingerprint density at radius 1 is 1.43 bits per heavy atom. The van der Waals surface area contributed by atoms with E-state index in [1.54, 1.807) is 13.8 Å². The van der Waals surface area contributed by atoms with Crippen LogP contribution in [0.3, 0.4) is 0 Å². The molecule has 0 spiro atoms. The molecule has 0 saturated carbocycles. The van der Waals surface area contributed by atoms with Crippen LogP contribution in [-0.2, 0) is 11.0 Å². The summed E-state index contributed by atoms with van der Waals surface area (Å²) in [6.45, 7) is 3.41. The van der Waals surface area contributed by atoms with E-state index in [-0.39, 0.29) is 30.1 Å². The van der Waals surface area contributed by atoms with Crippen molar-refractivity contribution >= 4 is 17.5 Å². The summed E-state index contributed by atoms with van der Waals surface area (Å²) in [7, 11) is 1.45. The van der Waals surface area contributed by atoms with Gasteiger partial charge < -0.3 is 15.6 Å². The second-order valence-corrected chi connectivity index (χ2v) is 4.66. The molecule has 1 aromatic heterocycles. The Hall–Kier alpha value is -2.10. The van der Waals surface area contributed by atoms with Crippen molar-refractivity contribution in [3.63, 3.8) is 0 Å². The van der Waals surface area contributed by atoms with Crippen LogP contribution in [0.15, 0.2) is 6.07 Å². The number of nitrogens with one attached hydrogen (secondary N) is 2. The van der Waals surface area contributed by atoms with Crippen molar-refractivity contribution in [3.8, 4) is 0 Å². The SMILES string of the molecule is CC(C)NC(=O)CN(C)c1cc(NN)nc(C(F)(F)F)n1. The molecule has 0 bridgehead atoms. The number of rotatable bonds is 5. The minimum Gasteiger partial charge on any atom is -0.352 e. The molecule has 7 nitrogen and oxygen atoms in total. The topological polar surface area (TPSA) is 96.2 Å². The van der Waals surface area contributed by atoms with Crippen LogP contribution in [0, 0.1) is 0 Å². The van der Waals surface area contributed by atoms with Crippen LogP contribution in [-0.4, -0.2) is 35.5 Å². The summed E-state index contributed by atoms with van der Waals surface area (Å²) in [5.41, 5.74) is 2.04. The number of likely N-dealkylation sites (N-methyl/N-ethyl adjacent to an activating group) is 1. The largest absolute Gasteiger partial charge is 0.451 e. The van der Waals surface area contributed by atoms with E-state index in [1.165, 1.54) is 18.0 Å². The van der Waals surface area contributed by atoms with E-state index < -0.39 is 12.0 Å². The summed E-state index contributed by atoms with van der Waals surface area (Å²) < 4.78 is 38.1. The monoisotopic (exact) mass is 306 g/mol. The van der Waals surface area contributed by atoms with Crippen LogP contribution >= 0.6 is 0 Å². The first-order chi connectivity index (χ1) is 9.63. The highest BCUT2D eigenvalue weighted by Gasteiger charge is 2.35. The van der Waals surface area contributed by atoms with Crippen molar-refractivity contribution in [1.82, 2.24) is 15.3 Å². The number of hydrogen-bond donors (Lipinski definition) is 3. The standard InChI is InChI=1S/C11H17F3N6O/c1-6(2)16-9(21)5-20(3)8-4-7(19-15)17-10(18-8)11(12,13)14/h4,6H,5,15H2,1-3H3,(H,16,21)(H,17,18,19). The van der Waals surface area contributed by atoms with Crippen LogP contribution < -0.4 is 21.5 Å². The van der Waals surface area contributed by atoms with Crippen LogP contribution in [0.25, 0.3) is 0 Å². The molecule has 1 heterocycles. The summed E-state index contributed by atoms with van der Waals surface area (Å²) in [6, 6.07) is 1.15. The van der Waals surface area contributed by atoms with Gasteiger partial charge in [0.05, 0.1) is 6.54 Å². The zero-order valence-corrected chi connectivity index (χ0v) is 11.8. The lowest BCUT2D eigenvalue weighted by atomic mass is 10.3. The molecule has 0 aliphatic carbocycles. The van der Waals surface area contributed by atoms with Crippen molar-refractivity contribution in [3.05, 3.63) is 11.9 Å². The van der Waals surface area contributed by atoms with Crippen molar-refractivity contribution in [1.29, 1.82) is 0 Å². The van der Waals surface area contributed by atoms with Gasteiger partial charge in [0.2, 0.25) is 11.7 Å². The first-order valence-electron chi connectivity index (χ1n) is 6.07. The summed E-state index contributed by atoms with van der Waals surface area (Å²) in [6.07, 6.45) is -4.71. The number of anilines is 2. The number of alkyl halides is 3. The molecule has 1 rings (SSSR count). The number of carbonyl (C=O) groups is 1. The fourth-order valence-corrected chi connectivity index (χ4v) is 1.49. The Labute approximate surface area is 119 Å². The number of amides is 1. The molecular weight excluding hydrogens is 289 g/mol. The number of halogens is 3. The molecule has 0 atom stereocenters. The summed E-state index contributed by atoms with van der Waals surface area (Å²) >= 11 is 0. The van der Waals surface area contributed by atoms with E-state index in [1.807, 2.05) is 5.43 Å². The van der Waals surface area contributed by atoms with Crippen molar-refractivity contribution < 1.29 is 18.0 Å². The Bertz CT molecular complexity index is 505. The zero-order valence-electron chi connectivity index (χ0n) is 11.8. The average Bonchev–Trinajstić information content (AvgIpc) is 2.35. The third-order valence-electron chi connectivity index (χ3n) is 2.34. The van der Waals surface area contributed by atoms with E-state index in [2.05, 4.69) is 15.3 Å². The maximum absolute atomic E-state index is 12.7. The number of aromatic nitrogens is 2. The summed E-state index contributed by atoms with van der Waals surface area (Å²) in [4.78, 5) is 19.5. The van der Waals surface area contributed by atoms with Gasteiger partial charge in [0.15, 0.2) is 0 Å². The first kappa shape index (κ1) is 17.0. The lowest BCUT2D eigenvalue weighted by Gasteiger charge is -2.20. The first-order valence-corrected chi connectivity index (χ1v) is 6.07. The molecule has 0 unspecified atom stereocenters. The highest BCUT2D eigenvalue weighted by Crippen LogP contribution is 2.28. The van der Waals surface area contributed by atoms with Gasteiger partial charge >= 0.3 is 6.18 Å². The Morgan fingerprint density at radius 3 is 2.52 bits per heavy atom. The lowest BCUT2D eigenvalue weighted by Crippen LogP contribution is -2.39. The maximum Gasteiger partial charge on any atom is 0.451 e. The van der Waals surface area contributed by atoms with Gasteiger partial charge in [0, 0.05) is 19.2 Å². The normalized spacial score (nSPS) is 11.4. The van der Waals surface area contributed by atoms with Crippen LogP contribution in [0.4, 0.5) is 24.8 Å². The number of nitrogen functional groups attached to an aromatic ring is 1. The summed E-state index contributed by atoms with van der Waals surface area (Å²) in [5, 5.41) is 2.63. The molecule has 0 fully saturated rings. The van der Waals surface area contributed by atoms with E-state index >= 15 is 0 Å². The fraction of sp³-hybridized carbons (Fsp3) is 0.545. The third kappa shape index (κ3) is 5.06. The van der Waals surface area contributed by atoms with Gasteiger partial charge in [0.1, 0.15) is 11.6 Å². The number of carbonyl (C=O) groups excluding carboxylic acids is 1. The Kier molecular flexibility index (Phi) is 5.30. The molecule has 1 aromatic rings. The Balaban J connectivity index is 2.98. The molecular formula is C11H17F3N6O. The minimum atomic E-state index is -4.71. The summed E-state index contributed by atoms with van der Waals surface area (Å²) in [5.74, 6) is 3.17. The third-order valence-corrected chi connectivity index (χ3v) is 2.34. The second kappa shape index (κ2) is 6.57. The van der Waals surface area contributed by atoms with Crippen LogP contribution in [0.5, 0.6) is 0 Å². The van der Waals surface area contributed by atoms with Crippen molar-refractivity contribution in [2.45, 2.75) is 26.1 Å². The van der Waals surface area contributed by atoms with Gasteiger partial charge in [0.25, 0.3) is 0 Å². The number of nitrogens with zero attached hydrogens (tertiary/aromatic N) is 3. The van der Waals surface area contributed by atoms with Gasteiger partial charge in [-0.1, -0.05) is 0 Å². The molecule has 0 aromatic carbocycles. The fourth-order valence-electron chi connectivity index (χ4n) is 1.49. The predicted octanol–water partition coefficient (Wildman–Crippen LogP) is 0.742. The molecule has 0 saturated heterocycles. The zero-order chi connectivity index (χ0) is 16.2. The molecule has 10 heteroatoms. The highest BCUT2D eigenvalue weighted by molar-refractivity contribution is 5.81. The number of hydrazine groups is 1. The number of hydrogen-bond acceptors (Lipinski definition) is 6. The van der Waals surface area contributed by atoms with E-state index in [4.69, 9.17) is 5.84 Å². The van der Waals surface area contributed by atoms with Gasteiger partial charge in [-0.2, -0.15) is 13.2 Å². The molecule has 0 aliphatic rings. The predicted molar refractivity (Wildman–Crippen MR) is 71.4 cm³/mol. The quantitative estimate of drug-likeness (QED) is 0.548. The molecule has 4 N–H and O–H groups in total. The van der Waals surface area contributed by atoms with Gasteiger partial charge in [-0.15, -0.1) is 0 Å². The molecule has 21 heavy (non-hydrogen) atoms. The maximum atomic E-state index is 12.7. The van der Waals surface area contributed by atoms with Crippen molar-refractivity contribution in [2.24, 2.45) is 5.84 Å². The molecule has 1 amide bonds. The Morgan fingerprint density at radius 2 is 2.05 bits per heavy atom.